The highest BCUT2D eigenvalue weighted by atomic mass is 35.5. The molecule has 4 rings (SSSR count). The quantitative estimate of drug-likeness (QED) is 0.397. The van der Waals surface area contributed by atoms with Crippen molar-refractivity contribution in [3.05, 3.63) is 41.4 Å². The number of terminal acetylenes is 2. The number of anilines is 1. The molecule has 0 bridgehead atoms. The van der Waals surface area contributed by atoms with E-state index in [2.05, 4.69) is 122 Å². The average Bonchev–Trinajstić information content (AvgIpc) is 3.27. The Morgan fingerprint density at radius 1 is 0.917 bits per heavy atom. The normalized spacial score (nSPS) is 9.58. The summed E-state index contributed by atoms with van der Waals surface area (Å²) in [5, 5.41) is 10.6. The van der Waals surface area contributed by atoms with Gasteiger partial charge in [0.05, 0.1) is 28.7 Å². The number of para-hydroxylation sites is 1. The minimum absolute atomic E-state index is 0.151. The van der Waals surface area contributed by atoms with Crippen molar-refractivity contribution in [2.24, 2.45) is 0 Å². The molecule has 3 heterocycles. The summed E-state index contributed by atoms with van der Waals surface area (Å²) >= 11 is 5.94. The van der Waals surface area contributed by atoms with Crippen LogP contribution in [0.3, 0.4) is 0 Å². The summed E-state index contributed by atoms with van der Waals surface area (Å²) in [4.78, 5) is 10.4. The third-order valence-electron chi connectivity index (χ3n) is 4.81. The molecule has 0 unspecified atom stereocenters. The van der Waals surface area contributed by atoms with Crippen molar-refractivity contribution in [1.82, 2.24) is 14.5 Å². The third-order valence-corrected chi connectivity index (χ3v) is 4.99. The molecule has 1 aliphatic rings. The molecule has 0 saturated carbocycles. The summed E-state index contributed by atoms with van der Waals surface area (Å²) in [7, 11) is 2.09. The maximum atomic E-state index is 9.33. The number of benzene rings is 1. The Bertz CT molecular complexity index is 1730. The second-order valence-corrected chi connectivity index (χ2v) is 7.22. The first kappa shape index (κ1) is 25.0. The van der Waals surface area contributed by atoms with E-state index in [1.54, 1.807) is 0 Å². The molecule has 0 amide bonds. The van der Waals surface area contributed by atoms with Gasteiger partial charge in [-0.15, -0.1) is 12.8 Å². The first-order chi connectivity index (χ1) is 17.6. The lowest BCUT2D eigenvalue weighted by atomic mass is 10.1. The molecule has 0 atom stereocenters. The second-order valence-electron chi connectivity index (χ2n) is 6.88. The van der Waals surface area contributed by atoms with E-state index >= 15 is 0 Å². The zero-order valence-electron chi connectivity index (χ0n) is 19.1. The van der Waals surface area contributed by atoms with Gasteiger partial charge in [0.1, 0.15) is 6.07 Å². The number of nitriles is 1. The second kappa shape index (κ2) is 12.5. The van der Waals surface area contributed by atoms with Gasteiger partial charge >= 0.3 is 0 Å². The van der Waals surface area contributed by atoms with Crippen LogP contribution in [0, 0.1) is 95.2 Å². The van der Waals surface area contributed by atoms with Gasteiger partial charge in [-0.1, -0.05) is 12.1 Å². The lowest BCUT2D eigenvalue weighted by Gasteiger charge is -2.26. The van der Waals surface area contributed by atoms with Crippen LogP contribution < -0.4 is 4.90 Å². The van der Waals surface area contributed by atoms with Crippen molar-refractivity contribution in [3.63, 3.8) is 0 Å². The van der Waals surface area contributed by atoms with Gasteiger partial charge in [-0.2, -0.15) is 5.26 Å². The number of halogens is 1. The van der Waals surface area contributed by atoms with Crippen LogP contribution in [0.2, 0.25) is 5.28 Å². The summed E-state index contributed by atoms with van der Waals surface area (Å²) in [6.45, 7) is 1.86. The Balaban J connectivity index is 0.000000226. The van der Waals surface area contributed by atoms with E-state index in [0.29, 0.717) is 11.3 Å². The van der Waals surface area contributed by atoms with Crippen LogP contribution >= 0.6 is 11.6 Å². The van der Waals surface area contributed by atoms with Crippen molar-refractivity contribution in [1.29, 1.82) is 5.26 Å². The summed E-state index contributed by atoms with van der Waals surface area (Å²) in [6.07, 6.45) is 13.2. The fourth-order valence-corrected chi connectivity index (χ4v) is 3.49. The van der Waals surface area contributed by atoms with Crippen molar-refractivity contribution in [2.75, 3.05) is 18.5 Å². The fourth-order valence-electron chi connectivity index (χ4n) is 3.36. The van der Waals surface area contributed by atoms with Gasteiger partial charge in [0, 0.05) is 37.3 Å². The van der Waals surface area contributed by atoms with Crippen LogP contribution in [-0.4, -0.2) is 28.1 Å². The maximum Gasteiger partial charge on any atom is 0.222 e. The zero-order valence-corrected chi connectivity index (χ0v) is 19.8. The van der Waals surface area contributed by atoms with E-state index in [4.69, 9.17) is 24.4 Å². The molecule has 6 heteroatoms. The number of hydrogen-bond acceptors (Lipinski definition) is 4. The number of aromatic nitrogens is 3. The molecule has 0 aliphatic carbocycles. The Hall–Kier alpha value is -5.66. The Morgan fingerprint density at radius 2 is 1.53 bits per heavy atom. The molecule has 0 spiro atoms. The minimum Gasteiger partial charge on any atom is -0.371 e. The standard InChI is InChI=1S/C16H12ClN5.C14H2/c1-21-5-6-22-9-12(11-3-2-4-13(21)15(11)22)14-10(7-18)8-19-16(17)20-14;1-3-5-7-9-11-13-14-12-10-8-6-4-2/h2-4,8-9H,5-6H2,1H3;1-2H. The van der Waals surface area contributed by atoms with Crippen LogP contribution in [0.4, 0.5) is 5.69 Å². The zero-order chi connectivity index (χ0) is 25.8. The molecule has 2 aromatic heterocycles. The van der Waals surface area contributed by atoms with Gasteiger partial charge in [0.2, 0.25) is 5.28 Å². The molecule has 0 saturated heterocycles. The first-order valence-electron chi connectivity index (χ1n) is 10.3. The van der Waals surface area contributed by atoms with Crippen molar-refractivity contribution >= 4 is 28.2 Å². The highest BCUT2D eigenvalue weighted by Crippen LogP contribution is 2.38. The van der Waals surface area contributed by atoms with Gasteiger partial charge in [0.25, 0.3) is 0 Å². The smallest absolute Gasteiger partial charge is 0.222 e. The highest BCUT2D eigenvalue weighted by molar-refractivity contribution is 6.28. The number of rotatable bonds is 1. The van der Waals surface area contributed by atoms with Gasteiger partial charge < -0.3 is 9.47 Å². The van der Waals surface area contributed by atoms with E-state index in [0.717, 1.165) is 24.0 Å². The van der Waals surface area contributed by atoms with Gasteiger partial charge in [-0.05, 0) is 88.7 Å². The van der Waals surface area contributed by atoms with E-state index in [1.165, 1.54) is 17.4 Å². The molecular weight excluding hydrogens is 466 g/mol. The largest absolute Gasteiger partial charge is 0.371 e. The van der Waals surface area contributed by atoms with E-state index in [1.807, 2.05) is 6.07 Å². The van der Waals surface area contributed by atoms with Gasteiger partial charge in [-0.25, -0.2) is 9.97 Å². The van der Waals surface area contributed by atoms with Crippen LogP contribution in [-0.2, 0) is 6.54 Å². The predicted octanol–water partition coefficient (Wildman–Crippen LogP) is 3.34. The molecule has 1 aliphatic heterocycles. The van der Waals surface area contributed by atoms with Crippen molar-refractivity contribution in [2.45, 2.75) is 6.54 Å². The Labute approximate surface area is 215 Å². The maximum absolute atomic E-state index is 9.33. The average molecular weight is 480 g/mol. The van der Waals surface area contributed by atoms with E-state index in [-0.39, 0.29) is 5.28 Å². The van der Waals surface area contributed by atoms with Crippen LogP contribution in [0.5, 0.6) is 0 Å². The molecule has 0 fully saturated rings. The van der Waals surface area contributed by atoms with Crippen LogP contribution in [0.1, 0.15) is 5.56 Å². The van der Waals surface area contributed by atoms with Crippen LogP contribution in [0.15, 0.2) is 30.6 Å². The third kappa shape index (κ3) is 6.02. The molecule has 36 heavy (non-hydrogen) atoms. The Kier molecular flexibility index (Phi) is 8.70. The summed E-state index contributed by atoms with van der Waals surface area (Å²) in [6, 6.07) is 8.35. The monoisotopic (exact) mass is 479 g/mol. The molecule has 1 aromatic carbocycles. The van der Waals surface area contributed by atoms with E-state index in [9.17, 15) is 5.26 Å². The van der Waals surface area contributed by atoms with E-state index < -0.39 is 0 Å². The topological polar surface area (TPSA) is 57.7 Å². The van der Waals surface area contributed by atoms with Gasteiger partial charge in [0.15, 0.2) is 0 Å². The van der Waals surface area contributed by atoms with Crippen LogP contribution in [0.25, 0.3) is 22.2 Å². The molecular formula is C30H14ClN5. The first-order valence-corrected chi connectivity index (χ1v) is 10.7. The Morgan fingerprint density at radius 3 is 2.11 bits per heavy atom. The summed E-state index contributed by atoms with van der Waals surface area (Å²) < 4.78 is 2.22. The number of hydrogen-bond donors (Lipinski definition) is 0. The fraction of sp³-hybridized carbons (Fsp3) is 0.100. The summed E-state index contributed by atoms with van der Waals surface area (Å²) in [5.74, 6) is 28.3. The van der Waals surface area contributed by atoms with Gasteiger partial charge in [-0.3, -0.25) is 0 Å². The highest BCUT2D eigenvalue weighted by Gasteiger charge is 2.21. The minimum atomic E-state index is 0.151. The molecule has 0 radical (unpaired) electrons. The molecule has 166 valence electrons. The van der Waals surface area contributed by atoms with Crippen molar-refractivity contribution in [3.8, 4) is 101 Å². The number of likely N-dealkylation sites (N-methyl/N-ethyl adjacent to an activating group) is 1. The summed E-state index contributed by atoms with van der Waals surface area (Å²) in [5.41, 5.74) is 4.31. The molecule has 0 N–H and O–H groups in total. The van der Waals surface area contributed by atoms with Crippen molar-refractivity contribution < 1.29 is 0 Å². The predicted molar refractivity (Wildman–Crippen MR) is 143 cm³/mol. The lowest BCUT2D eigenvalue weighted by molar-refractivity contribution is 0.685. The number of nitrogens with zero attached hydrogens (tertiary/aromatic N) is 5. The molecule has 5 nitrogen and oxygen atoms in total. The lowest BCUT2D eigenvalue weighted by Crippen LogP contribution is -2.26. The molecule has 3 aromatic rings. The SMILES string of the molecule is C#CC#CC#CC#CC#CC#CC#C.CN1CCn2cc(-c3nc(Cl)ncc3C#N)c3cccc1c32.